The van der Waals surface area contributed by atoms with Gasteiger partial charge in [0, 0.05) is 45.0 Å². The van der Waals surface area contributed by atoms with Gasteiger partial charge >= 0.3 is 0 Å². The molecule has 0 bridgehead atoms. The summed E-state index contributed by atoms with van der Waals surface area (Å²) in [7, 11) is 0. The molecule has 4 rings (SSSR count). The summed E-state index contributed by atoms with van der Waals surface area (Å²) in [6.45, 7) is 7.63. The van der Waals surface area contributed by atoms with Crippen molar-refractivity contribution in [3.05, 3.63) is 24.4 Å². The summed E-state index contributed by atoms with van der Waals surface area (Å²) in [5.74, 6) is 1.12. The van der Waals surface area contributed by atoms with Crippen molar-refractivity contribution in [2.75, 3.05) is 50.8 Å². The Balaban J connectivity index is 1.35. The van der Waals surface area contributed by atoms with Gasteiger partial charge < -0.3 is 15.0 Å². The summed E-state index contributed by atoms with van der Waals surface area (Å²) in [5.41, 5.74) is 0.159. The molecule has 0 radical (unpaired) electrons. The smallest absolute Gasteiger partial charge is 0.128 e. The predicted molar refractivity (Wildman–Crippen MR) is 91.8 cm³/mol. The van der Waals surface area contributed by atoms with Gasteiger partial charge in [-0.2, -0.15) is 0 Å². The Hall–Kier alpha value is -1.17. The van der Waals surface area contributed by atoms with Gasteiger partial charge in [-0.1, -0.05) is 6.07 Å². The van der Waals surface area contributed by atoms with E-state index in [1.165, 1.54) is 25.7 Å². The lowest BCUT2D eigenvalue weighted by molar-refractivity contribution is -0.121. The maximum absolute atomic E-state index is 6.23. The number of piperidine rings is 1. The number of rotatable bonds is 2. The molecular weight excluding hydrogens is 288 g/mol. The molecular formula is C18H28N4O. The molecule has 4 heterocycles. The number of hydrogen-bond donors (Lipinski definition) is 1. The molecule has 3 saturated heterocycles. The zero-order valence-electron chi connectivity index (χ0n) is 13.9. The summed E-state index contributed by atoms with van der Waals surface area (Å²) in [5, 5.41) is 3.47. The summed E-state index contributed by atoms with van der Waals surface area (Å²) in [4.78, 5) is 9.60. The van der Waals surface area contributed by atoms with Crippen LogP contribution < -0.4 is 10.2 Å². The third-order valence-corrected chi connectivity index (χ3v) is 5.79. The third kappa shape index (κ3) is 3.37. The molecule has 126 valence electrons. The Morgan fingerprint density at radius 1 is 1.13 bits per heavy atom. The van der Waals surface area contributed by atoms with E-state index < -0.39 is 0 Å². The van der Waals surface area contributed by atoms with Crippen LogP contribution in [-0.4, -0.2) is 67.4 Å². The van der Waals surface area contributed by atoms with Crippen molar-refractivity contribution in [3.8, 4) is 0 Å². The molecule has 1 spiro atoms. The van der Waals surface area contributed by atoms with Gasteiger partial charge in [0.1, 0.15) is 5.82 Å². The van der Waals surface area contributed by atoms with Crippen molar-refractivity contribution < 1.29 is 4.74 Å². The van der Waals surface area contributed by atoms with E-state index in [4.69, 9.17) is 4.74 Å². The van der Waals surface area contributed by atoms with Gasteiger partial charge in [-0.3, -0.25) is 4.90 Å². The first-order chi connectivity index (χ1) is 11.3. The summed E-state index contributed by atoms with van der Waals surface area (Å²) < 4.78 is 6.23. The van der Waals surface area contributed by atoms with Crippen LogP contribution in [0.2, 0.25) is 0 Å². The van der Waals surface area contributed by atoms with Gasteiger partial charge in [0.15, 0.2) is 0 Å². The van der Waals surface area contributed by atoms with Crippen molar-refractivity contribution >= 4 is 5.82 Å². The molecule has 3 aliphatic rings. The van der Waals surface area contributed by atoms with Crippen LogP contribution in [0.4, 0.5) is 5.82 Å². The van der Waals surface area contributed by atoms with Crippen LogP contribution in [0, 0.1) is 0 Å². The first kappa shape index (κ1) is 15.4. The normalized spacial score (nSPS) is 28.9. The van der Waals surface area contributed by atoms with Gasteiger partial charge in [0.05, 0.1) is 5.60 Å². The van der Waals surface area contributed by atoms with Crippen molar-refractivity contribution in [1.29, 1.82) is 0 Å². The second-order valence-corrected chi connectivity index (χ2v) is 7.14. The lowest BCUT2D eigenvalue weighted by Crippen LogP contribution is -2.56. The maximum Gasteiger partial charge on any atom is 0.128 e. The zero-order valence-corrected chi connectivity index (χ0v) is 13.9. The van der Waals surface area contributed by atoms with Crippen molar-refractivity contribution in [3.63, 3.8) is 0 Å². The SMILES string of the molecule is c1ccc(N2CCN(C3CCOC4(CCNCC4)C3)CC2)nc1. The molecule has 1 N–H and O–H groups in total. The minimum atomic E-state index is 0.159. The molecule has 0 saturated carbocycles. The molecule has 5 nitrogen and oxygen atoms in total. The Morgan fingerprint density at radius 3 is 2.70 bits per heavy atom. The molecule has 0 amide bonds. The van der Waals surface area contributed by atoms with Crippen LogP contribution >= 0.6 is 0 Å². The van der Waals surface area contributed by atoms with E-state index in [2.05, 4.69) is 32.2 Å². The number of nitrogens with one attached hydrogen (secondary N) is 1. The topological polar surface area (TPSA) is 40.6 Å². The minimum absolute atomic E-state index is 0.159. The zero-order chi connectivity index (χ0) is 15.5. The van der Waals surface area contributed by atoms with Crippen molar-refractivity contribution in [2.45, 2.75) is 37.3 Å². The number of aromatic nitrogens is 1. The number of hydrogen-bond acceptors (Lipinski definition) is 5. The van der Waals surface area contributed by atoms with Crippen LogP contribution in [-0.2, 0) is 4.74 Å². The highest BCUT2D eigenvalue weighted by Crippen LogP contribution is 2.35. The van der Waals surface area contributed by atoms with Crippen LogP contribution in [0.25, 0.3) is 0 Å². The van der Waals surface area contributed by atoms with E-state index in [9.17, 15) is 0 Å². The Labute approximate surface area is 139 Å². The van der Waals surface area contributed by atoms with Crippen molar-refractivity contribution in [1.82, 2.24) is 15.2 Å². The predicted octanol–water partition coefficient (Wildman–Crippen LogP) is 1.50. The van der Waals surface area contributed by atoms with Gasteiger partial charge in [0.2, 0.25) is 0 Å². The fraction of sp³-hybridized carbons (Fsp3) is 0.722. The summed E-state index contributed by atoms with van der Waals surface area (Å²) in [6, 6.07) is 6.88. The van der Waals surface area contributed by atoms with Gasteiger partial charge in [-0.15, -0.1) is 0 Å². The first-order valence-electron chi connectivity index (χ1n) is 9.09. The number of pyridine rings is 1. The lowest BCUT2D eigenvalue weighted by atomic mass is 9.82. The second-order valence-electron chi connectivity index (χ2n) is 7.14. The molecule has 1 atom stereocenters. The summed E-state index contributed by atoms with van der Waals surface area (Å²) in [6.07, 6.45) is 6.66. The van der Waals surface area contributed by atoms with E-state index in [-0.39, 0.29) is 5.60 Å². The van der Waals surface area contributed by atoms with Crippen LogP contribution in [0.15, 0.2) is 24.4 Å². The van der Waals surface area contributed by atoms with Gasteiger partial charge in [0.25, 0.3) is 0 Å². The van der Waals surface area contributed by atoms with Crippen LogP contribution in [0.5, 0.6) is 0 Å². The molecule has 3 aliphatic heterocycles. The van der Waals surface area contributed by atoms with Crippen LogP contribution in [0.1, 0.15) is 25.7 Å². The second kappa shape index (κ2) is 6.75. The fourth-order valence-electron chi connectivity index (χ4n) is 4.40. The highest BCUT2D eigenvalue weighted by molar-refractivity contribution is 5.38. The molecule has 0 aliphatic carbocycles. The summed E-state index contributed by atoms with van der Waals surface area (Å²) >= 11 is 0. The molecule has 1 aromatic rings. The Bertz CT molecular complexity index is 489. The quantitative estimate of drug-likeness (QED) is 0.895. The average molecular weight is 316 g/mol. The standard InChI is InChI=1S/C18H28N4O/c1-2-7-20-17(3-1)22-12-10-21(11-13-22)16-4-14-23-18(15-16)5-8-19-9-6-18/h1-3,7,16,19H,4-6,8-15H2. The van der Waals surface area contributed by atoms with Crippen LogP contribution in [0.3, 0.4) is 0 Å². The number of anilines is 1. The van der Waals surface area contributed by atoms with E-state index >= 15 is 0 Å². The molecule has 3 fully saturated rings. The molecule has 1 aromatic heterocycles. The first-order valence-corrected chi connectivity index (χ1v) is 9.09. The third-order valence-electron chi connectivity index (χ3n) is 5.79. The highest BCUT2D eigenvalue weighted by Gasteiger charge is 2.40. The highest BCUT2D eigenvalue weighted by atomic mass is 16.5. The maximum atomic E-state index is 6.23. The van der Waals surface area contributed by atoms with Gasteiger partial charge in [-0.05, 0) is 50.9 Å². The van der Waals surface area contributed by atoms with Crippen molar-refractivity contribution in [2.24, 2.45) is 0 Å². The molecule has 5 heteroatoms. The number of piperazine rings is 1. The Kier molecular flexibility index (Phi) is 4.51. The van der Waals surface area contributed by atoms with E-state index in [1.54, 1.807) is 0 Å². The average Bonchev–Trinajstić information content (AvgIpc) is 2.63. The molecule has 23 heavy (non-hydrogen) atoms. The number of nitrogens with zero attached hydrogens (tertiary/aromatic N) is 3. The van der Waals surface area contributed by atoms with E-state index in [0.29, 0.717) is 6.04 Å². The fourth-order valence-corrected chi connectivity index (χ4v) is 4.40. The molecule has 1 unspecified atom stereocenters. The Morgan fingerprint density at radius 2 is 1.96 bits per heavy atom. The largest absolute Gasteiger partial charge is 0.375 e. The van der Waals surface area contributed by atoms with Gasteiger partial charge in [-0.25, -0.2) is 4.98 Å². The number of ether oxygens (including phenoxy) is 1. The monoisotopic (exact) mass is 316 g/mol. The lowest BCUT2D eigenvalue weighted by Gasteiger charge is -2.48. The van der Waals surface area contributed by atoms with E-state index in [0.717, 1.165) is 51.7 Å². The molecule has 0 aromatic carbocycles. The minimum Gasteiger partial charge on any atom is -0.375 e. The van der Waals surface area contributed by atoms with E-state index in [1.807, 2.05) is 12.3 Å².